The van der Waals surface area contributed by atoms with E-state index < -0.39 is 0 Å². The molecule has 0 saturated heterocycles. The first kappa shape index (κ1) is 37.1. The van der Waals surface area contributed by atoms with E-state index in [1.54, 1.807) is 11.3 Å². The van der Waals surface area contributed by atoms with E-state index in [0.29, 0.717) is 17.5 Å². The van der Waals surface area contributed by atoms with Gasteiger partial charge in [-0.1, -0.05) is 140 Å². The van der Waals surface area contributed by atoms with Gasteiger partial charge in [0.1, 0.15) is 16.2 Å². The van der Waals surface area contributed by atoms with E-state index in [9.17, 15) is 0 Å². The first-order valence-corrected chi connectivity index (χ1v) is 22.4. The van der Waals surface area contributed by atoms with Gasteiger partial charge in [0, 0.05) is 49.5 Å². The molecule has 0 bridgehead atoms. The van der Waals surface area contributed by atoms with Crippen molar-refractivity contribution in [3.63, 3.8) is 0 Å². The Balaban J connectivity index is 0.946. The summed E-state index contributed by atoms with van der Waals surface area (Å²) >= 11 is 1.72. The van der Waals surface area contributed by atoms with Crippen molar-refractivity contribution < 1.29 is 4.42 Å². The van der Waals surface area contributed by atoms with Gasteiger partial charge in [-0.05, 0) is 95.1 Å². The Morgan fingerprint density at radius 2 is 0.938 bits per heavy atom. The average molecular weight is 850 g/mol. The molecule has 0 radical (unpaired) electrons. The van der Waals surface area contributed by atoms with Gasteiger partial charge < -0.3 is 8.98 Å². The van der Waals surface area contributed by atoms with Crippen molar-refractivity contribution >= 4 is 65.3 Å². The van der Waals surface area contributed by atoms with Crippen LogP contribution in [0.2, 0.25) is 0 Å². The molecule has 0 spiro atoms. The molecule has 6 nitrogen and oxygen atoms in total. The van der Waals surface area contributed by atoms with Crippen LogP contribution in [0, 0.1) is 0 Å². The standard InChI is InChI=1S/C58H35N5OS/c1-3-14-36(15-4-1)58-59-48-30-28-40(35-53(48)65-58)38-17-11-16-37(32-38)39-18-12-19-41(33-39)55-60-56(62-57(61-55)46-24-13-27-52-54(46)45-23-8-10-26-51(45)64-52)42-29-31-50-47(34-42)44-22-7-9-25-49(44)63(50)43-20-5-2-6-21-43/h1-35H. The second-order valence-electron chi connectivity index (χ2n) is 16.2. The fourth-order valence-corrected chi connectivity index (χ4v) is 10.2. The Morgan fingerprint density at radius 3 is 1.74 bits per heavy atom. The molecule has 7 heteroatoms. The topological polar surface area (TPSA) is 69.6 Å². The monoisotopic (exact) mass is 849 g/mol. The normalized spacial score (nSPS) is 11.7. The van der Waals surface area contributed by atoms with Gasteiger partial charge >= 0.3 is 0 Å². The maximum Gasteiger partial charge on any atom is 0.164 e. The van der Waals surface area contributed by atoms with Crippen molar-refractivity contribution in [3.05, 3.63) is 212 Å². The highest BCUT2D eigenvalue weighted by Crippen LogP contribution is 2.39. The van der Waals surface area contributed by atoms with E-state index in [0.717, 1.165) is 109 Å². The average Bonchev–Trinajstić information content (AvgIpc) is 4.08. The number of para-hydroxylation sites is 3. The molecule has 13 rings (SSSR count). The fourth-order valence-electron chi connectivity index (χ4n) is 9.21. The number of nitrogens with zero attached hydrogens (tertiary/aromatic N) is 5. The Morgan fingerprint density at radius 1 is 0.369 bits per heavy atom. The van der Waals surface area contributed by atoms with Gasteiger partial charge in [0.2, 0.25) is 0 Å². The predicted octanol–water partition coefficient (Wildman–Crippen LogP) is 15.5. The Hall–Kier alpha value is -8.52. The molecule has 304 valence electrons. The van der Waals surface area contributed by atoms with E-state index in [1.165, 1.54) is 0 Å². The van der Waals surface area contributed by atoms with Gasteiger partial charge in [0.15, 0.2) is 17.5 Å². The number of furan rings is 1. The molecule has 0 aliphatic heterocycles. The summed E-state index contributed by atoms with van der Waals surface area (Å²) in [7, 11) is 0. The third-order valence-electron chi connectivity index (χ3n) is 12.3. The molecule has 0 atom stereocenters. The molecule has 0 unspecified atom stereocenters. The summed E-state index contributed by atoms with van der Waals surface area (Å²) in [5.74, 6) is 1.76. The zero-order valence-corrected chi connectivity index (χ0v) is 35.6. The Bertz CT molecular complexity index is 3960. The predicted molar refractivity (Wildman–Crippen MR) is 267 cm³/mol. The highest BCUT2D eigenvalue weighted by atomic mass is 32.1. The molecule has 0 amide bonds. The smallest absolute Gasteiger partial charge is 0.164 e. The fraction of sp³-hybridized carbons (Fsp3) is 0. The number of hydrogen-bond acceptors (Lipinski definition) is 6. The van der Waals surface area contributed by atoms with Gasteiger partial charge in [-0.2, -0.15) is 0 Å². The maximum absolute atomic E-state index is 6.34. The summed E-state index contributed by atoms with van der Waals surface area (Å²) < 4.78 is 9.83. The van der Waals surface area contributed by atoms with E-state index in [2.05, 4.69) is 180 Å². The third kappa shape index (κ3) is 6.40. The van der Waals surface area contributed by atoms with Crippen LogP contribution in [0.1, 0.15) is 0 Å². The summed E-state index contributed by atoms with van der Waals surface area (Å²) in [6.45, 7) is 0. The van der Waals surface area contributed by atoms with E-state index >= 15 is 0 Å². The van der Waals surface area contributed by atoms with Crippen molar-refractivity contribution in [2.75, 3.05) is 0 Å². The molecule has 0 fully saturated rings. The minimum absolute atomic E-state index is 0.579. The van der Waals surface area contributed by atoms with Crippen LogP contribution in [-0.4, -0.2) is 24.5 Å². The minimum Gasteiger partial charge on any atom is -0.456 e. The van der Waals surface area contributed by atoms with Crippen LogP contribution in [0.15, 0.2) is 217 Å². The van der Waals surface area contributed by atoms with Gasteiger partial charge in [0.05, 0.1) is 21.3 Å². The van der Waals surface area contributed by atoms with Crippen molar-refractivity contribution in [3.8, 4) is 72.7 Å². The van der Waals surface area contributed by atoms with Crippen molar-refractivity contribution in [1.29, 1.82) is 0 Å². The van der Waals surface area contributed by atoms with Crippen LogP contribution in [0.25, 0.3) is 127 Å². The molecule has 0 aliphatic carbocycles. The highest BCUT2D eigenvalue weighted by Gasteiger charge is 2.20. The first-order chi connectivity index (χ1) is 32.2. The van der Waals surface area contributed by atoms with Crippen LogP contribution in [0.3, 0.4) is 0 Å². The quantitative estimate of drug-likeness (QED) is 0.160. The largest absolute Gasteiger partial charge is 0.456 e. The lowest BCUT2D eigenvalue weighted by molar-refractivity contribution is 0.669. The summed E-state index contributed by atoms with van der Waals surface area (Å²) in [6.07, 6.45) is 0. The van der Waals surface area contributed by atoms with E-state index in [1.807, 2.05) is 36.4 Å². The molecule has 4 aromatic heterocycles. The van der Waals surface area contributed by atoms with Gasteiger partial charge in [-0.25, -0.2) is 19.9 Å². The van der Waals surface area contributed by atoms with Crippen LogP contribution < -0.4 is 0 Å². The summed E-state index contributed by atoms with van der Waals surface area (Å²) in [5.41, 5.74) is 14.3. The third-order valence-corrected chi connectivity index (χ3v) is 13.4. The molecule has 0 saturated carbocycles. The lowest BCUT2D eigenvalue weighted by Gasteiger charge is -2.11. The second kappa shape index (κ2) is 15.1. The Kier molecular flexibility index (Phi) is 8.60. The van der Waals surface area contributed by atoms with Crippen LogP contribution in [0.5, 0.6) is 0 Å². The molecular formula is C58H35N5OS. The molecule has 0 aliphatic rings. The number of hydrogen-bond donors (Lipinski definition) is 0. The number of fused-ring (bicyclic) bond motifs is 7. The van der Waals surface area contributed by atoms with Gasteiger partial charge in [0.25, 0.3) is 0 Å². The molecule has 13 aromatic rings. The summed E-state index contributed by atoms with van der Waals surface area (Å²) in [6, 6.07) is 74.0. The first-order valence-electron chi connectivity index (χ1n) is 21.6. The lowest BCUT2D eigenvalue weighted by atomic mass is 9.98. The van der Waals surface area contributed by atoms with Crippen molar-refractivity contribution in [1.82, 2.24) is 24.5 Å². The number of aromatic nitrogens is 5. The highest BCUT2D eigenvalue weighted by molar-refractivity contribution is 7.21. The summed E-state index contributed by atoms with van der Waals surface area (Å²) in [5, 5.41) is 5.31. The molecule has 0 N–H and O–H groups in total. The lowest BCUT2D eigenvalue weighted by Crippen LogP contribution is -2.00. The Labute approximate surface area is 377 Å². The molecule has 9 aromatic carbocycles. The number of thiazole rings is 1. The van der Waals surface area contributed by atoms with Crippen molar-refractivity contribution in [2.24, 2.45) is 0 Å². The second-order valence-corrected chi connectivity index (χ2v) is 17.3. The SMILES string of the molecule is c1ccc(-c2nc3ccc(-c4cccc(-c5cccc(-c6nc(-c7ccc8c(c7)c7ccccc7n8-c7ccccc7)nc(-c7cccc8oc9ccccc9c78)n6)c5)c4)cc3s2)cc1. The van der Waals surface area contributed by atoms with Crippen LogP contribution >= 0.6 is 11.3 Å². The van der Waals surface area contributed by atoms with Crippen LogP contribution in [-0.2, 0) is 0 Å². The summed E-state index contributed by atoms with van der Waals surface area (Å²) in [4.78, 5) is 20.8. The van der Waals surface area contributed by atoms with Crippen LogP contribution in [0.4, 0.5) is 0 Å². The minimum atomic E-state index is 0.579. The molecule has 4 heterocycles. The van der Waals surface area contributed by atoms with Crippen molar-refractivity contribution in [2.45, 2.75) is 0 Å². The molecular weight excluding hydrogens is 815 g/mol. The number of rotatable bonds is 7. The van der Waals surface area contributed by atoms with E-state index in [4.69, 9.17) is 24.4 Å². The number of benzene rings is 9. The van der Waals surface area contributed by atoms with E-state index in [-0.39, 0.29) is 0 Å². The molecule has 65 heavy (non-hydrogen) atoms. The zero-order chi connectivity index (χ0) is 42.8. The van der Waals surface area contributed by atoms with Gasteiger partial charge in [-0.15, -0.1) is 11.3 Å². The maximum atomic E-state index is 6.34. The zero-order valence-electron chi connectivity index (χ0n) is 34.8. The van der Waals surface area contributed by atoms with Gasteiger partial charge in [-0.3, -0.25) is 0 Å².